The fraction of sp³-hybridized carbons (Fsp3) is 0.414. The van der Waals surface area contributed by atoms with Gasteiger partial charge in [-0.15, -0.1) is 0 Å². The summed E-state index contributed by atoms with van der Waals surface area (Å²) in [5.41, 5.74) is 12.4. The number of nitrogens with two attached hydrogens (primary N) is 1. The van der Waals surface area contributed by atoms with E-state index in [4.69, 9.17) is 20.2 Å². The van der Waals surface area contributed by atoms with Gasteiger partial charge in [-0.25, -0.2) is 14.6 Å². The van der Waals surface area contributed by atoms with Crippen LogP contribution in [-0.4, -0.2) is 35.4 Å². The van der Waals surface area contributed by atoms with Gasteiger partial charge in [0.15, 0.2) is 11.5 Å². The van der Waals surface area contributed by atoms with E-state index in [2.05, 4.69) is 31.3 Å². The Bertz CT molecular complexity index is 1480. The number of primary amides is 1. The molecule has 9 nitrogen and oxygen atoms in total. The van der Waals surface area contributed by atoms with E-state index in [9.17, 15) is 9.59 Å². The van der Waals surface area contributed by atoms with Crippen molar-refractivity contribution in [2.24, 2.45) is 16.6 Å². The third-order valence-corrected chi connectivity index (χ3v) is 6.63. The van der Waals surface area contributed by atoms with E-state index >= 15 is 0 Å². The van der Waals surface area contributed by atoms with Gasteiger partial charge in [0, 0.05) is 31.3 Å². The summed E-state index contributed by atoms with van der Waals surface area (Å²) in [5.74, 6) is 1.71. The lowest BCUT2D eigenvalue weighted by Crippen LogP contribution is -2.44. The molecule has 0 fully saturated rings. The molecule has 0 bridgehead atoms. The molecule has 0 spiro atoms. The normalized spacial score (nSPS) is 12.8. The number of hydrogen-bond acceptors (Lipinski definition) is 5. The summed E-state index contributed by atoms with van der Waals surface area (Å²) in [6.07, 6.45) is 0.677. The van der Waals surface area contributed by atoms with Gasteiger partial charge in [-0.05, 0) is 61.9 Å². The number of rotatable bonds is 8. The molecule has 2 heterocycles. The predicted molar refractivity (Wildman–Crippen MR) is 148 cm³/mol. The van der Waals surface area contributed by atoms with Crippen molar-refractivity contribution in [1.82, 2.24) is 14.5 Å². The zero-order valence-electron chi connectivity index (χ0n) is 23.1. The SMILES string of the molecule is COc1cc2c(cc1OCC(C)C)CCn1c-2cc(=Nc2c(C)cc(C)cc2C)n(CCNC(N)=O)c1=O. The Labute approximate surface area is 222 Å². The number of aryl methyl sites for hydroxylation is 4. The number of nitrogens with one attached hydrogen (secondary N) is 1. The Kier molecular flexibility index (Phi) is 7.94. The molecule has 0 radical (unpaired) electrons. The summed E-state index contributed by atoms with van der Waals surface area (Å²) in [4.78, 5) is 30.1. The van der Waals surface area contributed by atoms with E-state index in [0.717, 1.165) is 39.2 Å². The molecular weight excluding hydrogens is 482 g/mol. The molecule has 0 saturated carbocycles. The summed E-state index contributed by atoms with van der Waals surface area (Å²) in [7, 11) is 1.62. The lowest BCUT2D eigenvalue weighted by Gasteiger charge is -2.25. The van der Waals surface area contributed by atoms with Gasteiger partial charge >= 0.3 is 11.7 Å². The summed E-state index contributed by atoms with van der Waals surface area (Å²) in [6.45, 7) is 11.8. The van der Waals surface area contributed by atoms with Crippen LogP contribution in [-0.2, 0) is 19.5 Å². The number of amides is 2. The number of methoxy groups -OCH3 is 1. The molecule has 1 aliphatic rings. The molecule has 3 N–H and O–H groups in total. The van der Waals surface area contributed by atoms with E-state index in [1.807, 2.05) is 39.0 Å². The maximum atomic E-state index is 13.8. The van der Waals surface area contributed by atoms with Gasteiger partial charge in [-0.3, -0.25) is 9.13 Å². The Morgan fingerprint density at radius 2 is 1.82 bits per heavy atom. The summed E-state index contributed by atoms with van der Waals surface area (Å²) >= 11 is 0. The van der Waals surface area contributed by atoms with E-state index in [-0.39, 0.29) is 18.8 Å². The fourth-order valence-corrected chi connectivity index (χ4v) is 4.93. The lowest BCUT2D eigenvalue weighted by atomic mass is 9.97. The van der Waals surface area contributed by atoms with Crippen LogP contribution in [0.2, 0.25) is 0 Å². The highest BCUT2D eigenvalue weighted by Gasteiger charge is 2.23. The lowest BCUT2D eigenvalue weighted by molar-refractivity contribution is 0.248. The van der Waals surface area contributed by atoms with Crippen molar-refractivity contribution >= 4 is 11.7 Å². The molecule has 1 aromatic heterocycles. The first-order valence-electron chi connectivity index (χ1n) is 12.9. The monoisotopic (exact) mass is 519 g/mol. The van der Waals surface area contributed by atoms with E-state index in [0.29, 0.717) is 42.5 Å². The zero-order valence-corrected chi connectivity index (χ0v) is 23.1. The Hall–Kier alpha value is -4.01. The second kappa shape index (κ2) is 11.2. The molecule has 3 aromatic rings. The van der Waals surface area contributed by atoms with Crippen molar-refractivity contribution in [3.63, 3.8) is 0 Å². The fourth-order valence-electron chi connectivity index (χ4n) is 4.93. The number of aromatic nitrogens is 2. The molecule has 2 aromatic carbocycles. The quantitative estimate of drug-likeness (QED) is 0.472. The molecule has 0 aliphatic carbocycles. The van der Waals surface area contributed by atoms with Crippen molar-refractivity contribution in [3.8, 4) is 22.8 Å². The van der Waals surface area contributed by atoms with Crippen LogP contribution in [0.15, 0.2) is 40.1 Å². The number of ether oxygens (including phenoxy) is 2. The number of hydrogen-bond donors (Lipinski definition) is 2. The molecule has 0 saturated heterocycles. The standard InChI is InChI=1S/C29H37N5O4/c1-17(2)16-38-25-13-21-7-9-33-23(22(21)14-24(25)37-6)15-26(34(29(33)36)10-8-31-28(30)35)32-27-19(4)11-18(3)12-20(27)5/h11-15,17H,7-10,16H2,1-6H3,(H3,30,31,35). The molecule has 2 amide bonds. The van der Waals surface area contributed by atoms with Crippen molar-refractivity contribution in [3.05, 3.63) is 68.6 Å². The highest BCUT2D eigenvalue weighted by atomic mass is 16.5. The molecule has 1 aliphatic heterocycles. The van der Waals surface area contributed by atoms with Crippen LogP contribution in [0.1, 0.15) is 36.1 Å². The van der Waals surface area contributed by atoms with Crippen LogP contribution in [0.5, 0.6) is 11.5 Å². The van der Waals surface area contributed by atoms with Crippen molar-refractivity contribution < 1.29 is 14.3 Å². The third-order valence-electron chi connectivity index (χ3n) is 6.63. The Morgan fingerprint density at radius 1 is 1.11 bits per heavy atom. The second-order valence-electron chi connectivity index (χ2n) is 10.2. The van der Waals surface area contributed by atoms with E-state index < -0.39 is 6.03 Å². The second-order valence-corrected chi connectivity index (χ2v) is 10.2. The highest BCUT2D eigenvalue weighted by molar-refractivity contribution is 5.71. The molecule has 0 atom stereocenters. The molecule has 38 heavy (non-hydrogen) atoms. The van der Waals surface area contributed by atoms with Crippen molar-refractivity contribution in [1.29, 1.82) is 0 Å². The summed E-state index contributed by atoms with van der Waals surface area (Å²) in [5, 5.41) is 2.58. The van der Waals surface area contributed by atoms with Crippen LogP contribution in [0.3, 0.4) is 0 Å². The number of carbonyl (C=O) groups excluding carboxylic acids is 1. The molecule has 4 rings (SSSR count). The van der Waals surface area contributed by atoms with Crippen LogP contribution in [0.4, 0.5) is 10.5 Å². The number of benzene rings is 2. The number of nitrogens with zero attached hydrogens (tertiary/aromatic N) is 3. The number of urea groups is 1. The smallest absolute Gasteiger partial charge is 0.330 e. The zero-order chi connectivity index (χ0) is 27.6. The Balaban J connectivity index is 1.92. The maximum Gasteiger partial charge on any atom is 0.330 e. The van der Waals surface area contributed by atoms with Crippen LogP contribution < -0.4 is 31.7 Å². The largest absolute Gasteiger partial charge is 0.493 e. The maximum absolute atomic E-state index is 13.8. The van der Waals surface area contributed by atoms with Gasteiger partial charge in [-0.1, -0.05) is 31.5 Å². The van der Waals surface area contributed by atoms with Gasteiger partial charge in [0.05, 0.1) is 25.1 Å². The number of carbonyl (C=O) groups is 1. The van der Waals surface area contributed by atoms with E-state index in [1.54, 1.807) is 16.2 Å². The average Bonchev–Trinajstić information content (AvgIpc) is 2.85. The van der Waals surface area contributed by atoms with Gasteiger partial charge in [0.2, 0.25) is 0 Å². The van der Waals surface area contributed by atoms with Gasteiger partial charge < -0.3 is 20.5 Å². The van der Waals surface area contributed by atoms with Crippen LogP contribution >= 0.6 is 0 Å². The minimum absolute atomic E-state index is 0.195. The van der Waals surface area contributed by atoms with Crippen LogP contribution in [0, 0.1) is 26.7 Å². The average molecular weight is 520 g/mol. The minimum atomic E-state index is -0.635. The summed E-state index contributed by atoms with van der Waals surface area (Å²) in [6, 6.07) is 9.43. The van der Waals surface area contributed by atoms with Crippen LogP contribution in [0.25, 0.3) is 11.3 Å². The summed E-state index contributed by atoms with van der Waals surface area (Å²) < 4.78 is 15.0. The highest BCUT2D eigenvalue weighted by Crippen LogP contribution is 2.38. The van der Waals surface area contributed by atoms with E-state index in [1.165, 1.54) is 0 Å². The van der Waals surface area contributed by atoms with Gasteiger partial charge in [0.1, 0.15) is 5.49 Å². The first-order chi connectivity index (χ1) is 18.1. The van der Waals surface area contributed by atoms with Crippen molar-refractivity contribution in [2.75, 3.05) is 20.3 Å². The molecular formula is C29H37N5O4. The molecule has 9 heteroatoms. The van der Waals surface area contributed by atoms with Gasteiger partial charge in [-0.2, -0.15) is 0 Å². The number of fused-ring (bicyclic) bond motifs is 3. The van der Waals surface area contributed by atoms with Gasteiger partial charge in [0.25, 0.3) is 0 Å². The molecule has 202 valence electrons. The topological polar surface area (TPSA) is 113 Å². The third kappa shape index (κ3) is 5.61. The predicted octanol–water partition coefficient (Wildman–Crippen LogP) is 3.74. The molecule has 0 unspecified atom stereocenters. The first kappa shape index (κ1) is 27.0. The first-order valence-corrected chi connectivity index (χ1v) is 12.9. The Morgan fingerprint density at radius 3 is 2.45 bits per heavy atom. The minimum Gasteiger partial charge on any atom is -0.493 e. The van der Waals surface area contributed by atoms with Crippen molar-refractivity contribution in [2.45, 2.75) is 54.1 Å².